The maximum Gasteiger partial charge on any atom is 0.0621 e. The summed E-state index contributed by atoms with van der Waals surface area (Å²) < 4.78 is 0. The van der Waals surface area contributed by atoms with E-state index in [1.54, 1.807) is 0 Å². The number of allylic oxidation sites excluding steroid dienone is 1. The molecule has 0 spiro atoms. The van der Waals surface area contributed by atoms with Crippen molar-refractivity contribution in [3.8, 4) is 0 Å². The Morgan fingerprint density at radius 2 is 1.17 bits per heavy atom. The fraction of sp³-hybridized carbons (Fsp3) is 0.905. The number of hydrogen-bond acceptors (Lipinski definition) is 2. The summed E-state index contributed by atoms with van der Waals surface area (Å²) >= 11 is 0. The summed E-state index contributed by atoms with van der Waals surface area (Å²) in [6.45, 7) is 4.36. The molecule has 0 rings (SSSR count). The Balaban J connectivity index is 3.16. The first kappa shape index (κ1) is 22.7. The van der Waals surface area contributed by atoms with Crippen LogP contribution < -0.4 is 5.73 Å². The van der Waals surface area contributed by atoms with Crippen molar-refractivity contribution in [3.63, 3.8) is 0 Å². The molecule has 0 saturated carbocycles. The molecule has 0 heterocycles. The van der Waals surface area contributed by atoms with Gasteiger partial charge in [0.25, 0.3) is 0 Å². The molecule has 0 fully saturated rings. The quantitative estimate of drug-likeness (QED) is 0.250. The predicted molar refractivity (Wildman–Crippen MR) is 104 cm³/mol. The molecule has 23 heavy (non-hydrogen) atoms. The standard InChI is InChI=1S/C21H43NO/c1-3-4-5-6-7-8-9-10-11-12-13-14-15-16-17-18-20(2)21(22)19-23/h18,21,23H,3-17,19,22H2,1-2H3/b20-18+. The van der Waals surface area contributed by atoms with Crippen molar-refractivity contribution in [2.75, 3.05) is 6.61 Å². The van der Waals surface area contributed by atoms with Crippen LogP contribution in [0.2, 0.25) is 0 Å². The largest absolute Gasteiger partial charge is 0.394 e. The number of unbranched alkanes of at least 4 members (excludes halogenated alkanes) is 14. The van der Waals surface area contributed by atoms with Crippen LogP contribution in [-0.2, 0) is 0 Å². The molecule has 3 N–H and O–H groups in total. The van der Waals surface area contributed by atoms with Crippen molar-refractivity contribution in [2.45, 2.75) is 116 Å². The molecule has 1 unspecified atom stereocenters. The highest BCUT2D eigenvalue weighted by atomic mass is 16.3. The van der Waals surface area contributed by atoms with E-state index in [1.807, 2.05) is 6.92 Å². The number of aliphatic hydroxyl groups is 1. The third kappa shape index (κ3) is 16.3. The maximum atomic E-state index is 8.96. The van der Waals surface area contributed by atoms with E-state index < -0.39 is 0 Å². The smallest absolute Gasteiger partial charge is 0.0621 e. The minimum absolute atomic E-state index is 0.0566. The Hall–Kier alpha value is -0.340. The molecule has 0 aliphatic carbocycles. The van der Waals surface area contributed by atoms with E-state index in [4.69, 9.17) is 10.8 Å². The van der Waals surface area contributed by atoms with Crippen molar-refractivity contribution in [3.05, 3.63) is 11.6 Å². The first-order valence-electron chi connectivity index (χ1n) is 10.3. The molecule has 0 aliphatic heterocycles. The SMILES string of the molecule is CCCCCCCCCCCCCCCC/C=C(\C)C(N)CO. The molecule has 2 heteroatoms. The van der Waals surface area contributed by atoms with Gasteiger partial charge in [-0.15, -0.1) is 0 Å². The van der Waals surface area contributed by atoms with Crippen LogP contribution in [0, 0.1) is 0 Å². The van der Waals surface area contributed by atoms with E-state index in [1.165, 1.54) is 89.9 Å². The van der Waals surface area contributed by atoms with Crippen LogP contribution in [-0.4, -0.2) is 17.8 Å². The Morgan fingerprint density at radius 3 is 1.57 bits per heavy atom. The first-order valence-corrected chi connectivity index (χ1v) is 10.3. The summed E-state index contributed by atoms with van der Waals surface area (Å²) in [5.74, 6) is 0. The Labute approximate surface area is 145 Å². The monoisotopic (exact) mass is 325 g/mol. The first-order chi connectivity index (χ1) is 11.2. The van der Waals surface area contributed by atoms with E-state index in [0.29, 0.717) is 0 Å². The number of aliphatic hydroxyl groups excluding tert-OH is 1. The second-order valence-corrected chi connectivity index (χ2v) is 7.12. The minimum Gasteiger partial charge on any atom is -0.394 e. The zero-order chi connectivity index (χ0) is 17.2. The number of nitrogens with two attached hydrogens (primary N) is 1. The summed E-state index contributed by atoms with van der Waals surface area (Å²) in [6, 6.07) is -0.165. The second kappa shape index (κ2) is 18.0. The predicted octanol–water partition coefficient (Wildman–Crippen LogP) is 6.12. The van der Waals surface area contributed by atoms with Crippen LogP contribution in [0.1, 0.15) is 110 Å². The van der Waals surface area contributed by atoms with Gasteiger partial charge in [0.15, 0.2) is 0 Å². The van der Waals surface area contributed by atoms with Crippen LogP contribution >= 0.6 is 0 Å². The highest BCUT2D eigenvalue weighted by Gasteiger charge is 2.01. The third-order valence-electron chi connectivity index (χ3n) is 4.81. The molecule has 1 atom stereocenters. The lowest BCUT2D eigenvalue weighted by Gasteiger charge is -2.08. The molecule has 0 aliphatic rings. The van der Waals surface area contributed by atoms with Gasteiger partial charge in [0, 0.05) is 6.04 Å². The number of rotatable bonds is 17. The second-order valence-electron chi connectivity index (χ2n) is 7.12. The molecule has 0 aromatic rings. The van der Waals surface area contributed by atoms with Crippen LogP contribution in [0.4, 0.5) is 0 Å². The van der Waals surface area contributed by atoms with E-state index in [9.17, 15) is 0 Å². The van der Waals surface area contributed by atoms with E-state index in [0.717, 1.165) is 12.0 Å². The van der Waals surface area contributed by atoms with E-state index >= 15 is 0 Å². The van der Waals surface area contributed by atoms with Gasteiger partial charge in [0.1, 0.15) is 0 Å². The van der Waals surface area contributed by atoms with E-state index in [-0.39, 0.29) is 12.6 Å². The van der Waals surface area contributed by atoms with Crippen molar-refractivity contribution in [1.29, 1.82) is 0 Å². The van der Waals surface area contributed by atoms with Gasteiger partial charge in [-0.3, -0.25) is 0 Å². The summed E-state index contributed by atoms with van der Waals surface area (Å²) in [6.07, 6.45) is 23.0. The lowest BCUT2D eigenvalue weighted by atomic mass is 10.0. The molecule has 0 radical (unpaired) electrons. The van der Waals surface area contributed by atoms with Crippen LogP contribution in [0.5, 0.6) is 0 Å². The molecule has 0 amide bonds. The molecule has 2 nitrogen and oxygen atoms in total. The molecule has 0 aromatic carbocycles. The van der Waals surface area contributed by atoms with Crippen molar-refractivity contribution >= 4 is 0 Å². The van der Waals surface area contributed by atoms with Gasteiger partial charge in [0.2, 0.25) is 0 Å². The minimum atomic E-state index is -0.165. The summed E-state index contributed by atoms with van der Waals surface area (Å²) in [5.41, 5.74) is 6.89. The van der Waals surface area contributed by atoms with Gasteiger partial charge < -0.3 is 10.8 Å². The van der Waals surface area contributed by atoms with Crippen LogP contribution in [0.3, 0.4) is 0 Å². The summed E-state index contributed by atoms with van der Waals surface area (Å²) in [5, 5.41) is 8.96. The molecule has 0 aromatic heterocycles. The Kier molecular flexibility index (Phi) is 17.7. The van der Waals surface area contributed by atoms with Crippen LogP contribution in [0.15, 0.2) is 11.6 Å². The number of hydrogen-bond donors (Lipinski definition) is 2. The highest BCUT2D eigenvalue weighted by molar-refractivity contribution is 5.06. The average Bonchev–Trinajstić information content (AvgIpc) is 2.57. The Morgan fingerprint density at radius 1 is 0.783 bits per heavy atom. The molecule has 138 valence electrons. The normalized spacial score (nSPS) is 13.5. The molecular formula is C21H43NO. The highest BCUT2D eigenvalue weighted by Crippen LogP contribution is 2.13. The molecule has 0 saturated heterocycles. The van der Waals surface area contributed by atoms with E-state index in [2.05, 4.69) is 13.0 Å². The Bertz CT molecular complexity index is 263. The van der Waals surface area contributed by atoms with Gasteiger partial charge in [0.05, 0.1) is 6.61 Å². The average molecular weight is 326 g/mol. The van der Waals surface area contributed by atoms with Crippen molar-refractivity contribution < 1.29 is 5.11 Å². The topological polar surface area (TPSA) is 46.2 Å². The zero-order valence-electron chi connectivity index (χ0n) is 16.0. The van der Waals surface area contributed by atoms with Gasteiger partial charge in [-0.2, -0.15) is 0 Å². The van der Waals surface area contributed by atoms with Gasteiger partial charge in [-0.05, 0) is 19.8 Å². The van der Waals surface area contributed by atoms with Crippen molar-refractivity contribution in [1.82, 2.24) is 0 Å². The summed E-state index contributed by atoms with van der Waals surface area (Å²) in [4.78, 5) is 0. The van der Waals surface area contributed by atoms with Gasteiger partial charge in [-0.25, -0.2) is 0 Å². The fourth-order valence-electron chi connectivity index (χ4n) is 2.96. The summed E-state index contributed by atoms with van der Waals surface area (Å²) in [7, 11) is 0. The molecule has 0 bridgehead atoms. The van der Waals surface area contributed by atoms with Gasteiger partial charge in [-0.1, -0.05) is 102 Å². The maximum absolute atomic E-state index is 8.96. The lowest BCUT2D eigenvalue weighted by molar-refractivity contribution is 0.279. The zero-order valence-corrected chi connectivity index (χ0v) is 16.0. The van der Waals surface area contributed by atoms with Crippen LogP contribution in [0.25, 0.3) is 0 Å². The third-order valence-corrected chi connectivity index (χ3v) is 4.81. The van der Waals surface area contributed by atoms with Gasteiger partial charge >= 0.3 is 0 Å². The molecular weight excluding hydrogens is 282 g/mol. The van der Waals surface area contributed by atoms with Crippen molar-refractivity contribution in [2.24, 2.45) is 5.73 Å². The fourth-order valence-corrected chi connectivity index (χ4v) is 2.96. The lowest BCUT2D eigenvalue weighted by Crippen LogP contribution is -2.25.